The number of para-hydroxylation sites is 1. The summed E-state index contributed by atoms with van der Waals surface area (Å²) >= 11 is 0. The van der Waals surface area contributed by atoms with Crippen molar-refractivity contribution < 1.29 is 9.72 Å². The summed E-state index contributed by atoms with van der Waals surface area (Å²) in [5.41, 5.74) is 4.58. The Labute approximate surface area is 86.2 Å². The van der Waals surface area contributed by atoms with Gasteiger partial charge >= 0.3 is 0 Å². The lowest BCUT2D eigenvalue weighted by Gasteiger charge is -1.95. The van der Waals surface area contributed by atoms with Crippen molar-refractivity contribution in [3.63, 3.8) is 0 Å². The number of nitrogens with zero attached hydrogens (tertiary/aromatic N) is 1. The second-order valence-electron chi connectivity index (χ2n) is 2.89. The second kappa shape index (κ2) is 5.06. The van der Waals surface area contributed by atoms with E-state index in [1.807, 2.05) is 0 Å². The van der Waals surface area contributed by atoms with Crippen molar-refractivity contribution in [3.8, 4) is 0 Å². The highest BCUT2D eigenvalue weighted by molar-refractivity contribution is 5.96. The van der Waals surface area contributed by atoms with Crippen LogP contribution in [0, 0.1) is 10.1 Å². The fourth-order valence-corrected chi connectivity index (χ4v) is 0.841. The Bertz CT molecular complexity index is 341. The molecule has 1 amide bonds. The van der Waals surface area contributed by atoms with Crippen LogP contribution in [0.1, 0.15) is 10.4 Å². The van der Waals surface area contributed by atoms with Crippen LogP contribution in [0.2, 0.25) is 0 Å². The monoisotopic (exact) mass is 209 g/mol. The molecule has 3 N–H and O–H groups in total. The van der Waals surface area contributed by atoms with Gasteiger partial charge < -0.3 is 11.1 Å². The maximum Gasteiger partial charge on any atom is 0.282 e. The molecular formula is C9H11N3O3. The largest absolute Gasteiger partial charge is 0.365 e. The van der Waals surface area contributed by atoms with Crippen molar-refractivity contribution >= 4 is 11.6 Å². The molecule has 1 aliphatic heterocycles. The number of carbonyl (C=O) groups excluding carboxylic acids is 1. The Morgan fingerprint density at radius 3 is 2.27 bits per heavy atom. The highest BCUT2D eigenvalue weighted by Gasteiger charge is 2.15. The molecule has 1 saturated heterocycles. The molecule has 0 aromatic heterocycles. The summed E-state index contributed by atoms with van der Waals surface area (Å²) in [5, 5.41) is 13.3. The summed E-state index contributed by atoms with van der Waals surface area (Å²) in [5.74, 6) is -0.790. The maximum absolute atomic E-state index is 10.6. The average Bonchev–Trinajstić information content (AvgIpc) is 3.04. The summed E-state index contributed by atoms with van der Waals surface area (Å²) in [6.07, 6.45) is 0. The number of nitrogens with two attached hydrogens (primary N) is 1. The number of hydrogen-bond acceptors (Lipinski definition) is 4. The molecule has 1 fully saturated rings. The molecule has 1 aliphatic rings. The number of carbonyl (C=O) groups is 1. The zero-order valence-electron chi connectivity index (χ0n) is 7.97. The third kappa shape index (κ3) is 3.74. The molecule has 0 unspecified atom stereocenters. The molecule has 1 heterocycles. The van der Waals surface area contributed by atoms with E-state index in [4.69, 9.17) is 5.73 Å². The Balaban J connectivity index is 0.000000319. The lowest BCUT2D eigenvalue weighted by molar-refractivity contribution is -0.385. The van der Waals surface area contributed by atoms with Gasteiger partial charge in [0.1, 0.15) is 5.56 Å². The minimum Gasteiger partial charge on any atom is -0.365 e. The van der Waals surface area contributed by atoms with Gasteiger partial charge in [0.2, 0.25) is 0 Å². The molecule has 0 spiro atoms. The van der Waals surface area contributed by atoms with Crippen LogP contribution in [0.3, 0.4) is 0 Å². The normalized spacial score (nSPS) is 12.3. The highest BCUT2D eigenvalue weighted by atomic mass is 16.6. The number of nitrogens with one attached hydrogen (secondary N) is 1. The third-order valence-corrected chi connectivity index (χ3v) is 1.62. The lowest BCUT2D eigenvalue weighted by atomic mass is 10.2. The first-order valence-electron chi connectivity index (χ1n) is 4.37. The van der Waals surface area contributed by atoms with E-state index in [-0.39, 0.29) is 11.3 Å². The van der Waals surface area contributed by atoms with E-state index < -0.39 is 10.8 Å². The summed E-state index contributed by atoms with van der Waals surface area (Å²) in [7, 11) is 0. The van der Waals surface area contributed by atoms with E-state index in [2.05, 4.69) is 5.32 Å². The summed E-state index contributed by atoms with van der Waals surface area (Å²) in [6.45, 7) is 2.50. The van der Waals surface area contributed by atoms with Gasteiger partial charge in [0, 0.05) is 19.2 Å². The van der Waals surface area contributed by atoms with Gasteiger partial charge in [-0.15, -0.1) is 0 Å². The average molecular weight is 209 g/mol. The number of rotatable bonds is 2. The van der Waals surface area contributed by atoms with Crippen LogP contribution in [0.4, 0.5) is 5.69 Å². The van der Waals surface area contributed by atoms with Crippen molar-refractivity contribution in [2.45, 2.75) is 0 Å². The van der Waals surface area contributed by atoms with E-state index >= 15 is 0 Å². The SMILES string of the molecule is C1CN1.NC(=O)c1ccccc1[N+](=O)[O-]. The Hall–Kier alpha value is -1.95. The molecule has 0 aliphatic carbocycles. The lowest BCUT2D eigenvalue weighted by Crippen LogP contribution is -2.12. The van der Waals surface area contributed by atoms with Crippen LogP contribution < -0.4 is 11.1 Å². The van der Waals surface area contributed by atoms with Crippen LogP contribution >= 0.6 is 0 Å². The zero-order chi connectivity index (χ0) is 11.3. The first kappa shape index (κ1) is 11.1. The molecule has 0 atom stereocenters. The van der Waals surface area contributed by atoms with Gasteiger partial charge in [0.25, 0.3) is 11.6 Å². The van der Waals surface area contributed by atoms with E-state index in [0.717, 1.165) is 0 Å². The van der Waals surface area contributed by atoms with Crippen LogP contribution in [0.15, 0.2) is 24.3 Å². The Morgan fingerprint density at radius 2 is 1.93 bits per heavy atom. The van der Waals surface area contributed by atoms with Crippen molar-refractivity contribution in [2.24, 2.45) is 5.73 Å². The molecule has 6 heteroatoms. The minimum absolute atomic E-state index is 0.0671. The van der Waals surface area contributed by atoms with Crippen LogP contribution in [0.25, 0.3) is 0 Å². The molecule has 80 valence electrons. The van der Waals surface area contributed by atoms with Crippen LogP contribution in [0.5, 0.6) is 0 Å². The van der Waals surface area contributed by atoms with Gasteiger partial charge in [0.05, 0.1) is 4.92 Å². The zero-order valence-corrected chi connectivity index (χ0v) is 7.97. The van der Waals surface area contributed by atoms with Gasteiger partial charge in [-0.2, -0.15) is 0 Å². The van der Waals surface area contributed by atoms with Gasteiger partial charge in [-0.05, 0) is 6.07 Å². The predicted molar refractivity (Wildman–Crippen MR) is 54.5 cm³/mol. The van der Waals surface area contributed by atoms with Crippen LogP contribution in [-0.2, 0) is 0 Å². The van der Waals surface area contributed by atoms with Crippen molar-refractivity contribution in [2.75, 3.05) is 13.1 Å². The summed E-state index contributed by atoms with van der Waals surface area (Å²) in [6, 6.07) is 5.55. The quantitative estimate of drug-likeness (QED) is 0.414. The number of benzene rings is 1. The van der Waals surface area contributed by atoms with E-state index in [1.165, 1.54) is 37.4 Å². The van der Waals surface area contributed by atoms with Crippen LogP contribution in [-0.4, -0.2) is 23.9 Å². The second-order valence-corrected chi connectivity index (χ2v) is 2.89. The molecule has 2 rings (SSSR count). The van der Waals surface area contributed by atoms with Gasteiger partial charge in [-0.1, -0.05) is 12.1 Å². The highest BCUT2D eigenvalue weighted by Crippen LogP contribution is 2.16. The maximum atomic E-state index is 10.6. The Kier molecular flexibility index (Phi) is 3.75. The summed E-state index contributed by atoms with van der Waals surface area (Å²) in [4.78, 5) is 20.3. The first-order chi connectivity index (χ1) is 7.13. The van der Waals surface area contributed by atoms with E-state index in [1.54, 1.807) is 0 Å². The topological polar surface area (TPSA) is 108 Å². The third-order valence-electron chi connectivity index (χ3n) is 1.62. The number of hydrogen-bond donors (Lipinski definition) is 2. The van der Waals surface area contributed by atoms with Gasteiger partial charge in [0.15, 0.2) is 0 Å². The standard InChI is InChI=1S/C7H6N2O3.C2H5N/c8-7(10)5-3-1-2-4-6(5)9(11)12;1-2-3-1/h1-4H,(H2,8,10);3H,1-2H2. The Morgan fingerprint density at radius 1 is 1.40 bits per heavy atom. The molecule has 0 bridgehead atoms. The smallest absolute Gasteiger partial charge is 0.282 e. The molecule has 0 radical (unpaired) electrons. The first-order valence-corrected chi connectivity index (χ1v) is 4.37. The molecule has 1 aromatic rings. The molecule has 0 saturated carbocycles. The van der Waals surface area contributed by atoms with Gasteiger partial charge in [-0.25, -0.2) is 0 Å². The molecule has 15 heavy (non-hydrogen) atoms. The fourth-order valence-electron chi connectivity index (χ4n) is 0.841. The number of nitro benzene ring substituents is 1. The number of amides is 1. The summed E-state index contributed by atoms with van der Waals surface area (Å²) < 4.78 is 0. The minimum atomic E-state index is -0.790. The fraction of sp³-hybridized carbons (Fsp3) is 0.222. The van der Waals surface area contributed by atoms with Crippen molar-refractivity contribution in [3.05, 3.63) is 39.9 Å². The molecule has 1 aromatic carbocycles. The van der Waals surface area contributed by atoms with Crippen molar-refractivity contribution in [1.82, 2.24) is 5.32 Å². The van der Waals surface area contributed by atoms with E-state index in [0.29, 0.717) is 0 Å². The molecule has 6 nitrogen and oxygen atoms in total. The molecular weight excluding hydrogens is 198 g/mol. The number of nitro groups is 1. The van der Waals surface area contributed by atoms with Crippen molar-refractivity contribution in [1.29, 1.82) is 0 Å². The predicted octanol–water partition coefficient (Wildman–Crippen LogP) is 0.283. The van der Waals surface area contributed by atoms with Gasteiger partial charge in [-0.3, -0.25) is 14.9 Å². The van der Waals surface area contributed by atoms with E-state index in [9.17, 15) is 14.9 Å². The number of primary amides is 1.